The molecule has 14 heavy (non-hydrogen) atoms. The quantitative estimate of drug-likeness (QED) is 0.269. The van der Waals surface area contributed by atoms with E-state index < -0.39 is 17.6 Å². The van der Waals surface area contributed by atoms with Crippen molar-refractivity contribution in [2.45, 2.75) is 30.9 Å². The normalized spacial score (nSPS) is 32.3. The number of nitrogens with zero attached hydrogens (tertiary/aromatic N) is 1. The summed E-state index contributed by atoms with van der Waals surface area (Å²) in [5.74, 6) is -1.07. The van der Waals surface area contributed by atoms with E-state index in [9.17, 15) is 9.90 Å². The van der Waals surface area contributed by atoms with Crippen molar-refractivity contribution >= 4 is 12.3 Å². The minimum absolute atomic E-state index is 0.380. The van der Waals surface area contributed by atoms with E-state index in [2.05, 4.69) is 15.8 Å². The van der Waals surface area contributed by atoms with Gasteiger partial charge in [-0.05, 0) is 19.3 Å². The third-order valence-electron chi connectivity index (χ3n) is 2.46. The maximum Gasteiger partial charge on any atom is 0.334 e. The highest BCUT2D eigenvalue weighted by atomic mass is 16.4. The highest BCUT2D eigenvalue weighted by Crippen LogP contribution is 2.33. The van der Waals surface area contributed by atoms with Crippen LogP contribution < -0.4 is 10.9 Å². The number of hydrogen-bond acceptors (Lipinski definition) is 4. The lowest BCUT2D eigenvalue weighted by Crippen LogP contribution is -2.45. The van der Waals surface area contributed by atoms with Crippen LogP contribution in [0.15, 0.2) is 4.99 Å². The molecule has 4 N–H and O–H groups in total. The molecule has 0 heterocycles. The minimum Gasteiger partial charge on any atom is -0.479 e. The molecule has 0 saturated heterocycles. The number of hydrogen-bond donors (Lipinski definition) is 4. The molecule has 0 aromatic heterocycles. The van der Waals surface area contributed by atoms with Crippen LogP contribution in [-0.4, -0.2) is 41.2 Å². The number of aliphatic hydroxyl groups is 1. The van der Waals surface area contributed by atoms with Crippen molar-refractivity contribution in [2.24, 2.45) is 4.99 Å². The van der Waals surface area contributed by atoms with Crippen LogP contribution in [0.5, 0.6) is 0 Å². The Balaban J connectivity index is 2.77. The van der Waals surface area contributed by atoms with Gasteiger partial charge in [0.1, 0.15) is 0 Å². The molecule has 0 aliphatic heterocycles. The van der Waals surface area contributed by atoms with Crippen molar-refractivity contribution in [1.82, 2.24) is 10.9 Å². The summed E-state index contributed by atoms with van der Waals surface area (Å²) < 4.78 is 0. The van der Waals surface area contributed by atoms with E-state index in [0.29, 0.717) is 19.3 Å². The topological polar surface area (TPSA) is 94.0 Å². The molecule has 1 fully saturated rings. The van der Waals surface area contributed by atoms with Crippen LogP contribution >= 0.6 is 0 Å². The van der Waals surface area contributed by atoms with Crippen molar-refractivity contribution < 1.29 is 15.0 Å². The van der Waals surface area contributed by atoms with Gasteiger partial charge in [-0.15, -0.1) is 0 Å². The summed E-state index contributed by atoms with van der Waals surface area (Å²) in [7, 11) is 1.64. The van der Waals surface area contributed by atoms with Crippen LogP contribution in [0.25, 0.3) is 0 Å². The van der Waals surface area contributed by atoms with Crippen LogP contribution in [0.4, 0.5) is 0 Å². The number of aliphatic hydroxyl groups excluding tert-OH is 1. The number of nitrogens with one attached hydrogen (secondary N) is 2. The molecule has 1 saturated carbocycles. The van der Waals surface area contributed by atoms with Gasteiger partial charge in [-0.1, -0.05) is 0 Å². The summed E-state index contributed by atoms with van der Waals surface area (Å²) in [6.07, 6.45) is 1.93. The predicted molar refractivity (Wildman–Crippen MR) is 50.9 cm³/mol. The zero-order chi connectivity index (χ0) is 10.6. The number of carbonyl (C=O) groups is 1. The molecule has 6 nitrogen and oxygen atoms in total. The largest absolute Gasteiger partial charge is 0.479 e. The number of aliphatic imine (C=N–C) groups is 1. The van der Waals surface area contributed by atoms with Gasteiger partial charge in [0.25, 0.3) is 0 Å². The molecule has 0 amide bonds. The average Bonchev–Trinajstić information content (AvgIpc) is 2.49. The van der Waals surface area contributed by atoms with E-state index in [1.807, 2.05) is 0 Å². The Kier molecular flexibility index (Phi) is 3.43. The van der Waals surface area contributed by atoms with Crippen molar-refractivity contribution in [3.8, 4) is 0 Å². The Morgan fingerprint density at radius 1 is 1.71 bits per heavy atom. The van der Waals surface area contributed by atoms with E-state index in [0.717, 1.165) is 0 Å². The Labute approximate surface area is 82.0 Å². The van der Waals surface area contributed by atoms with Gasteiger partial charge in [-0.3, -0.25) is 4.99 Å². The Hall–Kier alpha value is -1.14. The van der Waals surface area contributed by atoms with Gasteiger partial charge in [-0.2, -0.15) is 0 Å². The molecule has 80 valence electrons. The molecule has 2 atom stereocenters. The van der Waals surface area contributed by atoms with E-state index in [1.165, 1.54) is 6.34 Å². The second kappa shape index (κ2) is 4.39. The number of hydrazine groups is 1. The first kappa shape index (κ1) is 10.9. The number of rotatable bonds is 4. The van der Waals surface area contributed by atoms with Crippen LogP contribution in [0.3, 0.4) is 0 Å². The number of carboxylic acid groups (broad SMARTS) is 1. The van der Waals surface area contributed by atoms with Crippen LogP contribution in [-0.2, 0) is 4.79 Å². The molecule has 6 heteroatoms. The molecule has 0 aromatic rings. The number of carboxylic acids is 1. The van der Waals surface area contributed by atoms with Crippen molar-refractivity contribution in [1.29, 1.82) is 0 Å². The van der Waals surface area contributed by atoms with Gasteiger partial charge in [-0.25, -0.2) is 10.2 Å². The summed E-state index contributed by atoms with van der Waals surface area (Å²) in [6.45, 7) is 0. The smallest absolute Gasteiger partial charge is 0.334 e. The molecular weight excluding hydrogens is 186 g/mol. The first-order valence-corrected chi connectivity index (χ1v) is 4.51. The highest BCUT2D eigenvalue weighted by molar-refractivity contribution is 5.82. The van der Waals surface area contributed by atoms with Gasteiger partial charge < -0.3 is 15.6 Å². The Morgan fingerprint density at radius 3 is 2.86 bits per heavy atom. The zero-order valence-electron chi connectivity index (χ0n) is 8.03. The lowest BCUT2D eigenvalue weighted by Gasteiger charge is -2.22. The fourth-order valence-corrected chi connectivity index (χ4v) is 1.64. The summed E-state index contributed by atoms with van der Waals surface area (Å²) in [6, 6.07) is 0. The molecule has 1 aliphatic rings. The summed E-state index contributed by atoms with van der Waals surface area (Å²) in [5.41, 5.74) is 3.79. The predicted octanol–water partition coefficient (Wildman–Crippen LogP) is -0.893. The molecule has 0 spiro atoms. The van der Waals surface area contributed by atoms with E-state index in [4.69, 9.17) is 5.11 Å². The second-order valence-corrected chi connectivity index (χ2v) is 3.29. The van der Waals surface area contributed by atoms with Crippen molar-refractivity contribution in [3.63, 3.8) is 0 Å². The minimum atomic E-state index is -1.36. The van der Waals surface area contributed by atoms with Gasteiger partial charge in [0, 0.05) is 7.05 Å². The molecule has 1 rings (SSSR count). The van der Waals surface area contributed by atoms with Crippen LogP contribution in [0.2, 0.25) is 0 Å². The van der Waals surface area contributed by atoms with Crippen LogP contribution in [0, 0.1) is 0 Å². The molecular formula is C8H15N3O3. The van der Waals surface area contributed by atoms with Crippen molar-refractivity contribution in [3.05, 3.63) is 0 Å². The van der Waals surface area contributed by atoms with Gasteiger partial charge in [0.15, 0.2) is 5.54 Å². The molecule has 0 bridgehead atoms. The summed E-state index contributed by atoms with van der Waals surface area (Å²) in [5, 5.41) is 18.6. The van der Waals surface area contributed by atoms with Crippen LogP contribution in [0.1, 0.15) is 19.3 Å². The second-order valence-electron chi connectivity index (χ2n) is 3.29. The standard InChI is InChI=1S/C8H15N3O3/c1-9-11-5-10-8(7(13)14)4-2-3-6(8)12/h5-6,9,12H,2-4H2,1H3,(H,10,11)(H,13,14). The number of aliphatic carboxylic acids is 1. The Bertz CT molecular complexity index is 244. The molecule has 0 radical (unpaired) electrons. The lowest BCUT2D eigenvalue weighted by molar-refractivity contribution is -0.146. The lowest BCUT2D eigenvalue weighted by atomic mass is 9.96. The average molecular weight is 201 g/mol. The third kappa shape index (κ3) is 1.85. The SMILES string of the molecule is CNNC=NC1(C(=O)O)CCCC1O. The summed E-state index contributed by atoms with van der Waals surface area (Å²) in [4.78, 5) is 14.9. The maximum atomic E-state index is 11.0. The molecule has 0 aromatic carbocycles. The van der Waals surface area contributed by atoms with Gasteiger partial charge in [0.05, 0.1) is 12.4 Å². The van der Waals surface area contributed by atoms with E-state index >= 15 is 0 Å². The van der Waals surface area contributed by atoms with Gasteiger partial charge in [0.2, 0.25) is 0 Å². The summed E-state index contributed by atoms with van der Waals surface area (Å²) >= 11 is 0. The third-order valence-corrected chi connectivity index (χ3v) is 2.46. The molecule has 2 unspecified atom stereocenters. The van der Waals surface area contributed by atoms with Crippen molar-refractivity contribution in [2.75, 3.05) is 7.05 Å². The molecule has 1 aliphatic carbocycles. The highest BCUT2D eigenvalue weighted by Gasteiger charge is 2.48. The Morgan fingerprint density at radius 2 is 2.43 bits per heavy atom. The fourth-order valence-electron chi connectivity index (χ4n) is 1.64. The first-order valence-electron chi connectivity index (χ1n) is 4.51. The zero-order valence-corrected chi connectivity index (χ0v) is 8.03. The first-order chi connectivity index (χ1) is 6.63. The maximum absolute atomic E-state index is 11.0. The van der Waals surface area contributed by atoms with E-state index in [1.54, 1.807) is 7.05 Å². The van der Waals surface area contributed by atoms with Gasteiger partial charge >= 0.3 is 5.97 Å². The monoisotopic (exact) mass is 201 g/mol. The fraction of sp³-hybridized carbons (Fsp3) is 0.750. The van der Waals surface area contributed by atoms with E-state index in [-0.39, 0.29) is 0 Å².